The maximum absolute atomic E-state index is 12.5. The number of pyridine rings is 1. The Morgan fingerprint density at radius 2 is 2.07 bits per heavy atom. The zero-order valence-corrected chi connectivity index (χ0v) is 14.7. The van der Waals surface area contributed by atoms with E-state index in [2.05, 4.69) is 25.8 Å². The molecule has 3 N–H and O–H groups in total. The van der Waals surface area contributed by atoms with Crippen LogP contribution in [0.1, 0.15) is 34.0 Å². The molecule has 27 heavy (non-hydrogen) atoms. The smallest absolute Gasteiger partial charge is 0.254 e. The molecule has 1 atom stereocenters. The quantitative estimate of drug-likeness (QED) is 0.664. The molecular formula is C20H19N5O2. The van der Waals surface area contributed by atoms with E-state index >= 15 is 0 Å². The van der Waals surface area contributed by atoms with E-state index in [1.54, 1.807) is 12.4 Å². The fourth-order valence-corrected chi connectivity index (χ4v) is 3.78. The van der Waals surface area contributed by atoms with Crippen LogP contribution in [-0.4, -0.2) is 34.3 Å². The Balaban J connectivity index is 1.49. The number of ether oxygens (including phenoxy) is 1. The van der Waals surface area contributed by atoms with Crippen LogP contribution in [0.5, 0.6) is 0 Å². The van der Waals surface area contributed by atoms with Crippen LogP contribution in [0.25, 0.3) is 11.1 Å². The third kappa shape index (κ3) is 2.86. The van der Waals surface area contributed by atoms with Gasteiger partial charge in [-0.15, -0.1) is 0 Å². The lowest BCUT2D eigenvalue weighted by Gasteiger charge is -2.12. The Morgan fingerprint density at radius 3 is 2.89 bits per heavy atom. The molecule has 1 fully saturated rings. The molecule has 2 aliphatic rings. The molecule has 7 nitrogen and oxygen atoms in total. The summed E-state index contributed by atoms with van der Waals surface area (Å²) in [4.78, 5) is 16.5. The van der Waals surface area contributed by atoms with Gasteiger partial charge in [0.05, 0.1) is 17.9 Å². The Morgan fingerprint density at radius 1 is 1.19 bits per heavy atom. The number of rotatable bonds is 4. The number of anilines is 2. The highest BCUT2D eigenvalue weighted by molar-refractivity contribution is 6.06. The SMILES string of the molecule is O=C1NCc2c(-c3ccncc3)ccc(Nc3cc(C4CCOC4)[nH]n3)c21. The molecule has 2 aromatic heterocycles. The molecule has 0 saturated carbocycles. The van der Waals surface area contributed by atoms with Crippen LogP contribution in [0.2, 0.25) is 0 Å². The monoisotopic (exact) mass is 361 g/mol. The number of amides is 1. The summed E-state index contributed by atoms with van der Waals surface area (Å²) in [5, 5.41) is 13.7. The summed E-state index contributed by atoms with van der Waals surface area (Å²) >= 11 is 0. The van der Waals surface area contributed by atoms with Crippen molar-refractivity contribution in [3.8, 4) is 11.1 Å². The second-order valence-corrected chi connectivity index (χ2v) is 6.83. The zero-order valence-electron chi connectivity index (χ0n) is 14.7. The van der Waals surface area contributed by atoms with Gasteiger partial charge in [0.15, 0.2) is 5.82 Å². The standard InChI is InChI=1S/C20H19N5O2/c26-20-19-15(10-22-20)14(12-3-6-21-7-4-12)1-2-16(19)23-18-9-17(24-25-18)13-5-8-27-11-13/h1-4,6-7,9,13H,5,8,10-11H2,(H,22,26)(H2,23,24,25). The molecule has 0 aliphatic carbocycles. The van der Waals surface area contributed by atoms with Gasteiger partial charge >= 0.3 is 0 Å². The van der Waals surface area contributed by atoms with E-state index in [0.717, 1.165) is 47.7 Å². The number of aromatic nitrogens is 3. The van der Waals surface area contributed by atoms with Crippen LogP contribution >= 0.6 is 0 Å². The van der Waals surface area contributed by atoms with Gasteiger partial charge in [0, 0.05) is 43.2 Å². The molecule has 1 amide bonds. The van der Waals surface area contributed by atoms with Crippen molar-refractivity contribution in [1.29, 1.82) is 0 Å². The average Bonchev–Trinajstić information content (AvgIpc) is 3.44. The number of hydrogen-bond acceptors (Lipinski definition) is 5. The number of hydrogen-bond donors (Lipinski definition) is 3. The second kappa shape index (κ2) is 6.51. The van der Waals surface area contributed by atoms with E-state index in [9.17, 15) is 4.79 Å². The third-order valence-electron chi connectivity index (χ3n) is 5.19. The van der Waals surface area contributed by atoms with Crippen LogP contribution in [0.3, 0.4) is 0 Å². The van der Waals surface area contributed by atoms with Crippen LogP contribution in [0, 0.1) is 0 Å². The molecule has 4 heterocycles. The minimum absolute atomic E-state index is 0.0663. The van der Waals surface area contributed by atoms with Crippen molar-refractivity contribution in [2.24, 2.45) is 0 Å². The maximum Gasteiger partial charge on any atom is 0.254 e. The van der Waals surface area contributed by atoms with Crippen molar-refractivity contribution < 1.29 is 9.53 Å². The molecule has 3 aromatic rings. The zero-order chi connectivity index (χ0) is 18.2. The molecule has 1 aromatic carbocycles. The summed E-state index contributed by atoms with van der Waals surface area (Å²) in [6.07, 6.45) is 4.52. The minimum atomic E-state index is -0.0663. The molecule has 1 saturated heterocycles. The van der Waals surface area contributed by atoms with Crippen molar-refractivity contribution in [2.75, 3.05) is 18.5 Å². The first-order chi connectivity index (χ1) is 13.3. The summed E-state index contributed by atoms with van der Waals surface area (Å²) in [5.74, 6) is 0.995. The second-order valence-electron chi connectivity index (χ2n) is 6.83. The van der Waals surface area contributed by atoms with Crippen LogP contribution in [0.4, 0.5) is 11.5 Å². The summed E-state index contributed by atoms with van der Waals surface area (Å²) in [6, 6.07) is 9.88. The number of carbonyl (C=O) groups is 1. The van der Waals surface area contributed by atoms with E-state index in [0.29, 0.717) is 23.8 Å². The number of nitrogens with one attached hydrogen (secondary N) is 3. The van der Waals surface area contributed by atoms with E-state index in [1.807, 2.05) is 30.3 Å². The van der Waals surface area contributed by atoms with Gasteiger partial charge in [-0.1, -0.05) is 6.07 Å². The fraction of sp³-hybridized carbons (Fsp3) is 0.250. The predicted octanol–water partition coefficient (Wildman–Crippen LogP) is 2.96. The van der Waals surface area contributed by atoms with Gasteiger partial charge in [-0.2, -0.15) is 5.10 Å². The van der Waals surface area contributed by atoms with Gasteiger partial charge in [-0.05, 0) is 41.3 Å². The Bertz CT molecular complexity index is 993. The number of nitrogens with zero attached hydrogens (tertiary/aromatic N) is 2. The van der Waals surface area contributed by atoms with Crippen LogP contribution in [0.15, 0.2) is 42.7 Å². The minimum Gasteiger partial charge on any atom is -0.381 e. The van der Waals surface area contributed by atoms with E-state index < -0.39 is 0 Å². The van der Waals surface area contributed by atoms with Gasteiger partial charge in [0.2, 0.25) is 0 Å². The number of carbonyl (C=O) groups excluding carboxylic acids is 1. The Hall–Kier alpha value is -3.19. The summed E-state index contributed by atoms with van der Waals surface area (Å²) in [6.45, 7) is 2.03. The molecule has 136 valence electrons. The van der Waals surface area contributed by atoms with Gasteiger partial charge in [0.1, 0.15) is 0 Å². The van der Waals surface area contributed by atoms with Crippen molar-refractivity contribution in [3.05, 3.63) is 59.5 Å². The lowest BCUT2D eigenvalue weighted by Crippen LogP contribution is -2.13. The summed E-state index contributed by atoms with van der Waals surface area (Å²) in [7, 11) is 0. The van der Waals surface area contributed by atoms with E-state index in [-0.39, 0.29) is 5.91 Å². The van der Waals surface area contributed by atoms with Crippen molar-refractivity contribution in [1.82, 2.24) is 20.5 Å². The molecule has 5 rings (SSSR count). The van der Waals surface area contributed by atoms with Crippen molar-refractivity contribution >= 4 is 17.4 Å². The highest BCUT2D eigenvalue weighted by Crippen LogP contribution is 2.35. The lowest BCUT2D eigenvalue weighted by molar-refractivity contribution is 0.0966. The molecule has 1 unspecified atom stereocenters. The van der Waals surface area contributed by atoms with Gasteiger partial charge in [-0.3, -0.25) is 14.9 Å². The molecule has 0 spiro atoms. The van der Waals surface area contributed by atoms with Crippen molar-refractivity contribution in [2.45, 2.75) is 18.9 Å². The highest BCUT2D eigenvalue weighted by atomic mass is 16.5. The largest absolute Gasteiger partial charge is 0.381 e. The molecule has 2 aliphatic heterocycles. The first-order valence-electron chi connectivity index (χ1n) is 9.04. The molecular weight excluding hydrogens is 342 g/mol. The van der Waals surface area contributed by atoms with E-state index in [1.165, 1.54) is 0 Å². The highest BCUT2D eigenvalue weighted by Gasteiger charge is 2.26. The Labute approximate surface area is 156 Å². The Kier molecular flexibility index (Phi) is 3.86. The number of fused-ring (bicyclic) bond motifs is 1. The number of benzene rings is 1. The number of H-pyrrole nitrogens is 1. The van der Waals surface area contributed by atoms with Gasteiger partial charge in [0.25, 0.3) is 5.91 Å². The van der Waals surface area contributed by atoms with E-state index in [4.69, 9.17) is 4.74 Å². The summed E-state index contributed by atoms with van der Waals surface area (Å²) < 4.78 is 5.44. The fourth-order valence-electron chi connectivity index (χ4n) is 3.78. The lowest BCUT2D eigenvalue weighted by atomic mass is 9.96. The first-order valence-corrected chi connectivity index (χ1v) is 9.04. The van der Waals surface area contributed by atoms with Gasteiger partial charge in [-0.25, -0.2) is 0 Å². The van der Waals surface area contributed by atoms with Crippen LogP contribution in [-0.2, 0) is 11.3 Å². The average molecular weight is 361 g/mol. The number of aromatic amines is 1. The molecule has 0 radical (unpaired) electrons. The third-order valence-corrected chi connectivity index (χ3v) is 5.19. The first kappa shape index (κ1) is 16.0. The summed E-state index contributed by atoms with van der Waals surface area (Å²) in [5.41, 5.74) is 5.59. The van der Waals surface area contributed by atoms with Crippen molar-refractivity contribution in [3.63, 3.8) is 0 Å². The van der Waals surface area contributed by atoms with Gasteiger partial charge < -0.3 is 15.4 Å². The normalized spacial score (nSPS) is 18.4. The topological polar surface area (TPSA) is 91.9 Å². The van der Waals surface area contributed by atoms with Crippen LogP contribution < -0.4 is 10.6 Å². The molecule has 7 heteroatoms. The predicted molar refractivity (Wildman–Crippen MR) is 101 cm³/mol. The maximum atomic E-state index is 12.5. The molecule has 0 bridgehead atoms.